The molecule has 5 N–H and O–H groups in total. The summed E-state index contributed by atoms with van der Waals surface area (Å²) in [6, 6.07) is 7.43. The predicted molar refractivity (Wildman–Crippen MR) is 161 cm³/mol. The molecule has 38 heavy (non-hydrogen) atoms. The minimum absolute atomic E-state index is 0.0656. The molecule has 7 heteroatoms. The smallest absolute Gasteiger partial charge is 0.247 e. The van der Waals surface area contributed by atoms with E-state index in [2.05, 4.69) is 45.9 Å². The third-order valence-corrected chi connectivity index (χ3v) is 8.41. The number of rotatable bonds is 12. The van der Waals surface area contributed by atoms with Crippen LogP contribution in [0.4, 0.5) is 0 Å². The lowest BCUT2D eigenvalue weighted by atomic mass is 9.95. The van der Waals surface area contributed by atoms with Crippen molar-refractivity contribution in [2.45, 2.75) is 90.8 Å². The Kier molecular flexibility index (Phi) is 12.7. The van der Waals surface area contributed by atoms with Crippen LogP contribution in [-0.2, 0) is 4.79 Å². The molecule has 4 unspecified atom stereocenters. The Morgan fingerprint density at radius 1 is 1.26 bits per heavy atom. The molecule has 1 amide bonds. The third kappa shape index (κ3) is 8.26. The molecule has 1 saturated heterocycles. The minimum atomic E-state index is -0.618. The molecule has 0 radical (unpaired) electrons. The van der Waals surface area contributed by atoms with Gasteiger partial charge in [0, 0.05) is 29.0 Å². The quantitative estimate of drug-likeness (QED) is 0.132. The number of nitrogens with two attached hydrogens (primary N) is 2. The number of carbonyl (C=O) groups is 1. The van der Waals surface area contributed by atoms with Crippen molar-refractivity contribution in [3.63, 3.8) is 0 Å². The van der Waals surface area contributed by atoms with Gasteiger partial charge in [0.05, 0.1) is 17.8 Å². The fourth-order valence-corrected chi connectivity index (χ4v) is 6.02. The van der Waals surface area contributed by atoms with Crippen LogP contribution in [-0.4, -0.2) is 45.7 Å². The monoisotopic (exact) mass is 540 g/mol. The molecule has 1 fully saturated rings. The number of hydrogen-bond donors (Lipinski definition) is 3. The van der Waals surface area contributed by atoms with Crippen LogP contribution in [0.15, 0.2) is 75.8 Å². The van der Waals surface area contributed by atoms with E-state index in [1.54, 1.807) is 18.0 Å². The highest BCUT2D eigenvalue weighted by Gasteiger charge is 2.41. The van der Waals surface area contributed by atoms with Crippen LogP contribution >= 0.6 is 11.8 Å². The summed E-state index contributed by atoms with van der Waals surface area (Å²) in [4.78, 5) is 18.1. The van der Waals surface area contributed by atoms with Gasteiger partial charge in [0.1, 0.15) is 6.04 Å². The second kappa shape index (κ2) is 15.2. The number of β-amino-alcohol motifs (C(OH)–C–C–N with tert-alkyl or cyclic N) is 1. The zero-order valence-electron chi connectivity index (χ0n) is 24.2. The summed E-state index contributed by atoms with van der Waals surface area (Å²) >= 11 is 1.68. The summed E-state index contributed by atoms with van der Waals surface area (Å²) in [6.07, 6.45) is 11.5. The zero-order valence-corrected chi connectivity index (χ0v) is 25.0. The first-order valence-corrected chi connectivity index (χ1v) is 14.6. The van der Waals surface area contributed by atoms with Gasteiger partial charge < -0.3 is 20.7 Å². The molecule has 2 rings (SSSR count). The molecular formula is C31H48N4O2S. The molecular weight excluding hydrogens is 492 g/mol. The van der Waals surface area contributed by atoms with Crippen LogP contribution < -0.4 is 11.6 Å². The van der Waals surface area contributed by atoms with E-state index in [4.69, 9.17) is 11.6 Å². The van der Waals surface area contributed by atoms with Gasteiger partial charge in [-0.25, -0.2) is 5.84 Å². The van der Waals surface area contributed by atoms with Gasteiger partial charge in [-0.05, 0) is 55.7 Å². The van der Waals surface area contributed by atoms with E-state index < -0.39 is 12.1 Å². The average molecular weight is 541 g/mol. The summed E-state index contributed by atoms with van der Waals surface area (Å²) in [5.74, 6) is 6.65. The molecule has 4 atom stereocenters. The molecule has 210 valence electrons. The van der Waals surface area contributed by atoms with Crippen LogP contribution in [0.2, 0.25) is 0 Å². The maximum atomic E-state index is 14.1. The van der Waals surface area contributed by atoms with E-state index in [1.807, 2.05) is 56.0 Å². The van der Waals surface area contributed by atoms with E-state index in [1.165, 1.54) is 10.6 Å². The van der Waals surface area contributed by atoms with Crippen LogP contribution in [0, 0.1) is 18.8 Å². The standard InChI is InChI=1S/C31H48N4O2S/c1-8-11-16-25(22(6)10-3)26(32)20-35(33)30(21(4)5)31(37)34-19-24(36)18-27(34)29(14-9-2)38-28-17-13-12-15-23(28)7/h8,11-17,20-22,24,27,30,36H,9-10,18-19,32-33H2,1-7H3/b11-8-,25-16+,26-20-,29-14+. The number of aryl methyl sites for hydroxylation is 1. The second-order valence-corrected chi connectivity index (χ2v) is 11.6. The Hall–Kier alpha value is -2.48. The van der Waals surface area contributed by atoms with Gasteiger partial charge in [-0.1, -0.05) is 88.9 Å². The van der Waals surface area contributed by atoms with E-state index >= 15 is 0 Å². The normalized spacial score (nSPS) is 20.9. The fourth-order valence-electron chi connectivity index (χ4n) is 4.78. The van der Waals surface area contributed by atoms with Crippen molar-refractivity contribution in [1.82, 2.24) is 9.91 Å². The van der Waals surface area contributed by atoms with Crippen LogP contribution in [0.3, 0.4) is 0 Å². The van der Waals surface area contributed by atoms with E-state index in [9.17, 15) is 9.90 Å². The number of aliphatic hydroxyl groups excluding tert-OH is 1. The Morgan fingerprint density at radius 2 is 1.95 bits per heavy atom. The van der Waals surface area contributed by atoms with Crippen molar-refractivity contribution >= 4 is 17.7 Å². The number of likely N-dealkylation sites (tertiary alicyclic amines) is 1. The molecule has 0 aliphatic carbocycles. The first-order chi connectivity index (χ1) is 18.0. The Bertz CT molecular complexity index is 1050. The summed E-state index contributed by atoms with van der Waals surface area (Å²) in [5, 5.41) is 12.1. The lowest BCUT2D eigenvalue weighted by Crippen LogP contribution is -2.53. The molecule has 1 aromatic rings. The average Bonchev–Trinajstić information content (AvgIpc) is 3.26. The highest BCUT2D eigenvalue weighted by atomic mass is 32.2. The van der Waals surface area contributed by atoms with Gasteiger partial charge in [0.25, 0.3) is 0 Å². The van der Waals surface area contributed by atoms with Crippen molar-refractivity contribution in [2.75, 3.05) is 6.54 Å². The fraction of sp³-hybridized carbons (Fsp3) is 0.516. The van der Waals surface area contributed by atoms with Gasteiger partial charge in [0.2, 0.25) is 5.91 Å². The van der Waals surface area contributed by atoms with Gasteiger partial charge >= 0.3 is 0 Å². The molecule has 0 saturated carbocycles. The van der Waals surface area contributed by atoms with Gasteiger partial charge in [0.15, 0.2) is 0 Å². The molecule has 0 bridgehead atoms. The highest BCUT2D eigenvalue weighted by molar-refractivity contribution is 8.03. The van der Waals surface area contributed by atoms with Gasteiger partial charge in [-0.2, -0.15) is 0 Å². The number of hydrazine groups is 1. The lowest BCUT2D eigenvalue weighted by Gasteiger charge is -2.35. The Labute approximate surface area is 234 Å². The third-order valence-electron chi connectivity index (χ3n) is 7.06. The van der Waals surface area contributed by atoms with Crippen molar-refractivity contribution in [3.05, 3.63) is 76.5 Å². The number of carbonyl (C=O) groups excluding carboxylic acids is 1. The maximum Gasteiger partial charge on any atom is 0.247 e. The Morgan fingerprint density at radius 3 is 2.53 bits per heavy atom. The number of allylic oxidation sites excluding steroid dienone is 5. The Balaban J connectivity index is 2.40. The molecule has 0 spiro atoms. The molecule has 6 nitrogen and oxygen atoms in total. The van der Waals surface area contributed by atoms with Gasteiger partial charge in [-0.15, -0.1) is 0 Å². The molecule has 1 aromatic carbocycles. The predicted octanol–water partition coefficient (Wildman–Crippen LogP) is 5.89. The SMILES string of the molecule is C\C=C/C=C(/C(N)=C/N(N)C(C(=O)N1CC(O)CC1/C(=C\CC)Sc1ccccc1C)C(C)C)C(C)CC. The number of thioether (sulfide) groups is 1. The van der Waals surface area contributed by atoms with Crippen molar-refractivity contribution in [3.8, 4) is 0 Å². The summed E-state index contributed by atoms with van der Waals surface area (Å²) in [7, 11) is 0. The molecule has 1 aliphatic heterocycles. The van der Waals surface area contributed by atoms with Crippen LogP contribution in [0.5, 0.6) is 0 Å². The van der Waals surface area contributed by atoms with Crippen LogP contribution in [0.1, 0.15) is 66.4 Å². The van der Waals surface area contributed by atoms with E-state index in [0.29, 0.717) is 12.1 Å². The lowest BCUT2D eigenvalue weighted by molar-refractivity contribution is -0.138. The first-order valence-electron chi connectivity index (χ1n) is 13.8. The minimum Gasteiger partial charge on any atom is -0.397 e. The second-order valence-electron chi connectivity index (χ2n) is 10.5. The number of aliphatic hydroxyl groups is 1. The topological polar surface area (TPSA) is 95.8 Å². The summed E-state index contributed by atoms with van der Waals surface area (Å²) < 4.78 is 0. The summed E-state index contributed by atoms with van der Waals surface area (Å²) in [5.41, 5.74) is 9.26. The molecule has 1 aliphatic rings. The molecule has 1 heterocycles. The maximum absolute atomic E-state index is 14.1. The number of benzene rings is 1. The molecule has 0 aromatic heterocycles. The number of hydrogen-bond acceptors (Lipinski definition) is 6. The first kappa shape index (κ1) is 31.7. The van der Waals surface area contributed by atoms with Crippen molar-refractivity contribution in [2.24, 2.45) is 23.4 Å². The largest absolute Gasteiger partial charge is 0.397 e. The number of nitrogens with zero attached hydrogens (tertiary/aromatic N) is 2. The van der Waals surface area contributed by atoms with Crippen molar-refractivity contribution in [1.29, 1.82) is 0 Å². The zero-order chi connectivity index (χ0) is 28.4. The number of amides is 1. The van der Waals surface area contributed by atoms with Crippen LogP contribution in [0.25, 0.3) is 0 Å². The summed E-state index contributed by atoms with van der Waals surface area (Å²) in [6.45, 7) is 14.7. The highest BCUT2D eigenvalue weighted by Crippen LogP contribution is 2.38. The van der Waals surface area contributed by atoms with Gasteiger partial charge in [-0.3, -0.25) is 4.79 Å². The van der Waals surface area contributed by atoms with E-state index in [0.717, 1.165) is 28.2 Å². The van der Waals surface area contributed by atoms with E-state index in [-0.39, 0.29) is 30.3 Å². The van der Waals surface area contributed by atoms with Crippen molar-refractivity contribution < 1.29 is 9.90 Å².